The molecule has 3 rings (SSSR count). The number of H-pyrrole nitrogens is 1. The van der Waals surface area contributed by atoms with Crippen LogP contribution in [0.3, 0.4) is 0 Å². The quantitative estimate of drug-likeness (QED) is 0.365. The summed E-state index contributed by atoms with van der Waals surface area (Å²) in [6, 6.07) is 8.75. The molecule has 208 valence electrons. The zero-order valence-electron chi connectivity index (χ0n) is 24.4. The Bertz CT molecular complexity index is 1230. The number of rotatable bonds is 8. The van der Waals surface area contributed by atoms with E-state index in [0.29, 0.717) is 23.5 Å². The highest BCUT2D eigenvalue weighted by molar-refractivity contribution is 6.74. The fourth-order valence-corrected chi connectivity index (χ4v) is 5.41. The third-order valence-corrected chi connectivity index (χ3v) is 16.8. The highest BCUT2D eigenvalue weighted by Gasteiger charge is 2.44. The summed E-state index contributed by atoms with van der Waals surface area (Å²) in [4.78, 5) is 32.4. The summed E-state index contributed by atoms with van der Waals surface area (Å²) in [5.74, 6) is 0.428. The first kappa shape index (κ1) is 30.0. The summed E-state index contributed by atoms with van der Waals surface area (Å²) in [5.41, 5.74) is 0.425. The fraction of sp³-hybridized carbons (Fsp3) is 0.536. The van der Waals surface area contributed by atoms with E-state index < -0.39 is 28.8 Å². The molecule has 1 aromatic carbocycles. The first-order valence-electron chi connectivity index (χ1n) is 13.1. The molecule has 0 saturated carbocycles. The van der Waals surface area contributed by atoms with Gasteiger partial charge in [-0.1, -0.05) is 59.7 Å². The highest BCUT2D eigenvalue weighted by atomic mass is 28.4. The molecular weight excluding hydrogens is 514 g/mol. The number of ether oxygens (including phenoxy) is 1. The number of aromatic nitrogens is 2. The van der Waals surface area contributed by atoms with Gasteiger partial charge in [0.15, 0.2) is 8.32 Å². The summed E-state index contributed by atoms with van der Waals surface area (Å²) in [5, 5.41) is 2.68. The van der Waals surface area contributed by atoms with Gasteiger partial charge in [0.2, 0.25) is 14.3 Å². The lowest BCUT2D eigenvalue weighted by Gasteiger charge is -2.39. The molecule has 10 heteroatoms. The maximum absolute atomic E-state index is 13.0. The van der Waals surface area contributed by atoms with Gasteiger partial charge in [0.05, 0.1) is 12.2 Å². The van der Waals surface area contributed by atoms with Gasteiger partial charge in [-0.25, -0.2) is 4.98 Å². The van der Waals surface area contributed by atoms with Crippen LogP contribution in [0.1, 0.15) is 63.6 Å². The van der Waals surface area contributed by atoms with Gasteiger partial charge in [-0.05, 0) is 54.5 Å². The van der Waals surface area contributed by atoms with Crippen molar-refractivity contribution in [3.8, 4) is 0 Å². The van der Waals surface area contributed by atoms with E-state index in [2.05, 4.69) is 83.0 Å². The van der Waals surface area contributed by atoms with E-state index in [0.717, 1.165) is 0 Å². The largest absolute Gasteiger partial charge is 0.545 e. The van der Waals surface area contributed by atoms with Crippen LogP contribution in [0.5, 0.6) is 0 Å². The van der Waals surface area contributed by atoms with Gasteiger partial charge >= 0.3 is 0 Å². The maximum atomic E-state index is 13.0. The first-order valence-corrected chi connectivity index (χ1v) is 18.9. The number of aromatic amines is 1. The van der Waals surface area contributed by atoms with Crippen molar-refractivity contribution in [2.45, 2.75) is 90.0 Å². The molecule has 0 saturated heterocycles. The molecule has 1 aliphatic heterocycles. The van der Waals surface area contributed by atoms with Crippen molar-refractivity contribution < 1.29 is 18.4 Å². The molecule has 0 bridgehead atoms. The Morgan fingerprint density at radius 3 is 2.18 bits per heavy atom. The number of hydrogen-bond acceptors (Lipinski definition) is 6. The summed E-state index contributed by atoms with van der Waals surface area (Å²) in [6.07, 6.45) is 2.24. The molecular formula is C28H43N3O5Si2. The van der Waals surface area contributed by atoms with Gasteiger partial charge in [-0.15, -0.1) is 0 Å². The maximum Gasteiger partial charge on any atom is 0.258 e. The molecule has 0 fully saturated rings. The average molecular weight is 558 g/mol. The molecule has 0 spiro atoms. The molecule has 38 heavy (non-hydrogen) atoms. The van der Waals surface area contributed by atoms with Crippen molar-refractivity contribution in [2.24, 2.45) is 0 Å². The second kappa shape index (κ2) is 10.9. The number of carbonyl (C=O) groups is 1. The Labute approximate surface area is 228 Å². The van der Waals surface area contributed by atoms with Crippen molar-refractivity contribution in [1.29, 1.82) is 0 Å². The Morgan fingerprint density at radius 2 is 1.63 bits per heavy atom. The van der Waals surface area contributed by atoms with Crippen LogP contribution in [0.4, 0.5) is 5.95 Å². The lowest BCUT2D eigenvalue weighted by atomic mass is 10.2. The molecule has 2 aromatic rings. The van der Waals surface area contributed by atoms with Crippen molar-refractivity contribution in [2.75, 3.05) is 11.9 Å². The Hall–Kier alpha value is -2.54. The van der Waals surface area contributed by atoms with Gasteiger partial charge in [-0.2, -0.15) is 0 Å². The molecule has 8 nitrogen and oxygen atoms in total. The zero-order chi connectivity index (χ0) is 28.5. The van der Waals surface area contributed by atoms with Crippen LogP contribution < -0.4 is 10.9 Å². The Balaban J connectivity index is 1.84. The van der Waals surface area contributed by atoms with E-state index in [-0.39, 0.29) is 27.5 Å². The SMILES string of the molecule is CC(C)(C)[Si](C)(C)OC[C@H]1O[C@@H](c2cnc(NC(=O)c3ccccc3)[nH]c2=O)C=C1O[Si](C)(C)C(C)(C)C. The minimum atomic E-state index is -2.17. The molecule has 0 radical (unpaired) electrons. The molecule has 1 aromatic heterocycles. The van der Waals surface area contributed by atoms with E-state index in [1.165, 1.54) is 6.20 Å². The van der Waals surface area contributed by atoms with Gasteiger partial charge in [0, 0.05) is 11.8 Å². The summed E-state index contributed by atoms with van der Waals surface area (Å²) >= 11 is 0. The topological polar surface area (TPSA) is 103 Å². The predicted molar refractivity (Wildman–Crippen MR) is 156 cm³/mol. The summed E-state index contributed by atoms with van der Waals surface area (Å²) in [7, 11) is -4.20. The predicted octanol–water partition coefficient (Wildman–Crippen LogP) is 6.39. The van der Waals surface area contributed by atoms with Crippen LogP contribution in [0.25, 0.3) is 0 Å². The van der Waals surface area contributed by atoms with Crippen LogP contribution >= 0.6 is 0 Å². The van der Waals surface area contributed by atoms with Crippen LogP contribution in [-0.2, 0) is 13.6 Å². The second-order valence-electron chi connectivity index (χ2n) is 12.9. The van der Waals surface area contributed by atoms with Gasteiger partial charge in [0.25, 0.3) is 11.5 Å². The van der Waals surface area contributed by atoms with Crippen molar-refractivity contribution in [3.05, 3.63) is 69.8 Å². The van der Waals surface area contributed by atoms with Crippen molar-refractivity contribution in [1.82, 2.24) is 9.97 Å². The minimum Gasteiger partial charge on any atom is -0.545 e. The number of amides is 1. The number of hydrogen-bond donors (Lipinski definition) is 2. The van der Waals surface area contributed by atoms with E-state index in [1.807, 2.05) is 12.1 Å². The summed E-state index contributed by atoms with van der Waals surface area (Å²) < 4.78 is 19.5. The normalized spacial score (nSPS) is 18.7. The Kier molecular flexibility index (Phi) is 8.62. The molecule has 2 atom stereocenters. The monoisotopic (exact) mass is 557 g/mol. The molecule has 2 N–H and O–H groups in total. The molecule has 1 aliphatic rings. The van der Waals surface area contributed by atoms with Crippen LogP contribution in [0, 0.1) is 0 Å². The third-order valence-electron chi connectivity index (χ3n) is 7.93. The van der Waals surface area contributed by atoms with E-state index in [1.54, 1.807) is 24.3 Å². The van der Waals surface area contributed by atoms with Crippen molar-refractivity contribution in [3.63, 3.8) is 0 Å². The van der Waals surface area contributed by atoms with Crippen LogP contribution in [-0.4, -0.2) is 45.2 Å². The zero-order valence-corrected chi connectivity index (χ0v) is 26.4. The lowest BCUT2D eigenvalue weighted by molar-refractivity contribution is 0.00949. The Morgan fingerprint density at radius 1 is 1.03 bits per heavy atom. The number of nitrogens with zero attached hydrogens (tertiary/aromatic N) is 1. The van der Waals surface area contributed by atoms with E-state index in [9.17, 15) is 9.59 Å². The van der Waals surface area contributed by atoms with E-state index in [4.69, 9.17) is 13.6 Å². The van der Waals surface area contributed by atoms with Gasteiger partial charge in [0.1, 0.15) is 18.0 Å². The smallest absolute Gasteiger partial charge is 0.258 e. The minimum absolute atomic E-state index is 0.00555. The van der Waals surface area contributed by atoms with Gasteiger partial charge in [-0.3, -0.25) is 19.9 Å². The van der Waals surface area contributed by atoms with E-state index >= 15 is 0 Å². The van der Waals surface area contributed by atoms with Crippen LogP contribution in [0.15, 0.2) is 53.2 Å². The second-order valence-corrected chi connectivity index (χ2v) is 22.4. The molecule has 0 aliphatic carbocycles. The van der Waals surface area contributed by atoms with Crippen molar-refractivity contribution >= 4 is 28.5 Å². The molecule has 2 heterocycles. The molecule has 1 amide bonds. The molecule has 0 unspecified atom stereocenters. The lowest BCUT2D eigenvalue weighted by Crippen LogP contribution is -2.44. The van der Waals surface area contributed by atoms with Crippen LogP contribution in [0.2, 0.25) is 36.3 Å². The number of carbonyl (C=O) groups excluding carboxylic acids is 1. The summed E-state index contributed by atoms with van der Waals surface area (Å²) in [6.45, 7) is 22.3. The highest BCUT2D eigenvalue weighted by Crippen LogP contribution is 2.42. The standard InChI is InChI=1S/C28H43N3O5Si2/c1-27(2,3)37(7,8)34-18-23-22(36-38(9,10)28(4,5)6)16-21(35-23)20-17-29-26(31-25(20)33)30-24(32)19-14-12-11-13-15-19/h11-17,21,23H,18H2,1-10H3,(H2,29,30,31,32,33)/t21-,23-/m1/s1. The average Bonchev–Trinajstić information content (AvgIpc) is 3.18. The van der Waals surface area contributed by atoms with Gasteiger partial charge < -0.3 is 13.6 Å². The third kappa shape index (κ3) is 6.91. The fourth-order valence-electron chi connectivity index (χ4n) is 3.31. The number of nitrogens with one attached hydrogen (secondary N) is 2. The number of anilines is 1. The number of benzene rings is 1. The first-order chi connectivity index (χ1) is 17.4.